The Balaban J connectivity index is 2.14. The summed E-state index contributed by atoms with van der Waals surface area (Å²) < 4.78 is 58.0. The predicted molar refractivity (Wildman–Crippen MR) is 66.3 cm³/mol. The van der Waals surface area contributed by atoms with Gasteiger partial charge in [0, 0.05) is 0 Å². The van der Waals surface area contributed by atoms with Gasteiger partial charge in [0.15, 0.2) is 0 Å². The van der Waals surface area contributed by atoms with Gasteiger partial charge in [0.1, 0.15) is 17.2 Å². The molecule has 2 aromatic rings. The summed E-state index contributed by atoms with van der Waals surface area (Å²) in [6.07, 6.45) is -4.81. The molecule has 0 N–H and O–H groups in total. The van der Waals surface area contributed by atoms with E-state index >= 15 is 0 Å². The molecule has 0 fully saturated rings. The maximum absolute atomic E-state index is 13.1. The third-order valence-corrected chi connectivity index (χ3v) is 2.41. The standard InChI is InChI=1S/C13H7F4NO4/c14-11-6-5-10(7-12(11)18(19)20)21-8-1-3-9(4-2-8)22-13(15,16)17/h1-7H. The maximum Gasteiger partial charge on any atom is 0.573 e. The van der Waals surface area contributed by atoms with Gasteiger partial charge in [-0.3, -0.25) is 10.1 Å². The molecule has 0 heterocycles. The van der Waals surface area contributed by atoms with Crippen molar-refractivity contribution in [2.45, 2.75) is 6.36 Å². The smallest absolute Gasteiger partial charge is 0.457 e. The van der Waals surface area contributed by atoms with Crippen molar-refractivity contribution in [1.82, 2.24) is 0 Å². The average Bonchev–Trinajstić information content (AvgIpc) is 2.41. The molecule has 0 unspecified atom stereocenters. The summed E-state index contributed by atoms with van der Waals surface area (Å²) in [5, 5.41) is 10.6. The lowest BCUT2D eigenvalue weighted by atomic mass is 10.3. The van der Waals surface area contributed by atoms with Crippen LogP contribution >= 0.6 is 0 Å². The highest BCUT2D eigenvalue weighted by molar-refractivity contribution is 5.42. The van der Waals surface area contributed by atoms with E-state index in [1.807, 2.05) is 0 Å². The number of alkyl halides is 3. The highest BCUT2D eigenvalue weighted by Gasteiger charge is 2.31. The van der Waals surface area contributed by atoms with Crippen LogP contribution in [-0.4, -0.2) is 11.3 Å². The first kappa shape index (κ1) is 15.5. The lowest BCUT2D eigenvalue weighted by Crippen LogP contribution is -2.16. The number of hydrogen-bond acceptors (Lipinski definition) is 4. The topological polar surface area (TPSA) is 61.6 Å². The van der Waals surface area contributed by atoms with Crippen LogP contribution in [0.25, 0.3) is 0 Å². The summed E-state index contributed by atoms with van der Waals surface area (Å²) in [7, 11) is 0. The fourth-order valence-corrected chi connectivity index (χ4v) is 1.54. The van der Waals surface area contributed by atoms with E-state index in [-0.39, 0.29) is 11.5 Å². The Bertz CT molecular complexity index is 685. The van der Waals surface area contributed by atoms with Crippen LogP contribution in [0.4, 0.5) is 23.2 Å². The van der Waals surface area contributed by atoms with Crippen molar-refractivity contribution in [1.29, 1.82) is 0 Å². The van der Waals surface area contributed by atoms with Crippen LogP contribution in [-0.2, 0) is 0 Å². The maximum atomic E-state index is 13.1. The summed E-state index contributed by atoms with van der Waals surface area (Å²) in [5.41, 5.74) is -0.769. The number of benzene rings is 2. The van der Waals surface area contributed by atoms with E-state index in [4.69, 9.17) is 4.74 Å². The second kappa shape index (κ2) is 5.88. The normalized spacial score (nSPS) is 11.1. The van der Waals surface area contributed by atoms with E-state index in [0.717, 1.165) is 30.3 Å². The third kappa shape index (κ3) is 4.08. The van der Waals surface area contributed by atoms with E-state index < -0.39 is 28.5 Å². The van der Waals surface area contributed by atoms with E-state index in [9.17, 15) is 27.7 Å². The minimum absolute atomic E-state index is 0.0300. The predicted octanol–water partition coefficient (Wildman–Crippen LogP) is 4.42. The Labute approximate surface area is 120 Å². The molecular formula is C13H7F4NO4. The molecule has 0 spiro atoms. The van der Waals surface area contributed by atoms with Gasteiger partial charge in [0.25, 0.3) is 0 Å². The van der Waals surface area contributed by atoms with Gasteiger partial charge >= 0.3 is 12.0 Å². The molecule has 22 heavy (non-hydrogen) atoms. The molecule has 0 saturated heterocycles. The van der Waals surface area contributed by atoms with E-state index in [1.165, 1.54) is 12.1 Å². The Hall–Kier alpha value is -2.84. The first-order valence-corrected chi connectivity index (χ1v) is 5.72. The average molecular weight is 317 g/mol. The van der Waals surface area contributed by atoms with Gasteiger partial charge in [-0.15, -0.1) is 13.2 Å². The molecule has 0 amide bonds. The molecule has 0 aliphatic heterocycles. The Morgan fingerprint density at radius 3 is 2.05 bits per heavy atom. The van der Waals surface area contributed by atoms with Gasteiger partial charge in [0.2, 0.25) is 5.82 Å². The summed E-state index contributed by atoms with van der Waals surface area (Å²) in [6, 6.07) is 7.26. The van der Waals surface area contributed by atoms with Crippen molar-refractivity contribution in [3.05, 3.63) is 58.4 Å². The Morgan fingerprint density at radius 1 is 0.955 bits per heavy atom. The number of hydrogen-bond donors (Lipinski definition) is 0. The van der Waals surface area contributed by atoms with Gasteiger partial charge in [-0.2, -0.15) is 4.39 Å². The Morgan fingerprint density at radius 2 is 1.50 bits per heavy atom. The van der Waals surface area contributed by atoms with Crippen LogP contribution in [0.2, 0.25) is 0 Å². The number of nitrogens with zero attached hydrogens (tertiary/aromatic N) is 1. The van der Waals surface area contributed by atoms with E-state index in [1.54, 1.807) is 0 Å². The molecule has 2 aromatic carbocycles. The lowest BCUT2D eigenvalue weighted by Gasteiger charge is -2.10. The molecule has 2 rings (SSSR count). The molecule has 0 aliphatic rings. The molecular weight excluding hydrogens is 310 g/mol. The molecule has 0 atom stereocenters. The fourth-order valence-electron chi connectivity index (χ4n) is 1.54. The molecule has 116 valence electrons. The zero-order valence-corrected chi connectivity index (χ0v) is 10.6. The van der Waals surface area contributed by atoms with Crippen LogP contribution in [0.1, 0.15) is 0 Å². The number of ether oxygens (including phenoxy) is 2. The third-order valence-electron chi connectivity index (χ3n) is 2.41. The quantitative estimate of drug-likeness (QED) is 0.475. The fraction of sp³-hybridized carbons (Fsp3) is 0.0769. The minimum Gasteiger partial charge on any atom is -0.457 e. The van der Waals surface area contributed by atoms with Crippen LogP contribution in [0.5, 0.6) is 17.2 Å². The minimum atomic E-state index is -4.81. The lowest BCUT2D eigenvalue weighted by molar-refractivity contribution is -0.387. The summed E-state index contributed by atoms with van der Waals surface area (Å²) in [6.45, 7) is 0. The molecule has 0 aromatic heterocycles. The van der Waals surface area contributed by atoms with Gasteiger partial charge in [-0.05, 0) is 36.4 Å². The number of nitro benzene ring substituents is 1. The van der Waals surface area contributed by atoms with Gasteiger partial charge in [-0.1, -0.05) is 0 Å². The number of halogens is 4. The molecule has 0 aliphatic carbocycles. The molecule has 0 bridgehead atoms. The van der Waals surface area contributed by atoms with Crippen LogP contribution in [0, 0.1) is 15.9 Å². The Kier molecular flexibility index (Phi) is 4.15. The van der Waals surface area contributed by atoms with Crippen LogP contribution in [0.15, 0.2) is 42.5 Å². The van der Waals surface area contributed by atoms with Crippen LogP contribution < -0.4 is 9.47 Å². The van der Waals surface area contributed by atoms with Crippen molar-refractivity contribution < 1.29 is 32.0 Å². The summed E-state index contributed by atoms with van der Waals surface area (Å²) >= 11 is 0. The highest BCUT2D eigenvalue weighted by Crippen LogP contribution is 2.29. The second-order valence-corrected chi connectivity index (χ2v) is 3.99. The van der Waals surface area contributed by atoms with Crippen molar-refractivity contribution >= 4 is 5.69 Å². The number of rotatable bonds is 4. The summed E-state index contributed by atoms with van der Waals surface area (Å²) in [5.74, 6) is -1.38. The van der Waals surface area contributed by atoms with Gasteiger partial charge < -0.3 is 9.47 Å². The van der Waals surface area contributed by atoms with E-state index in [2.05, 4.69) is 4.74 Å². The largest absolute Gasteiger partial charge is 0.573 e. The zero-order chi connectivity index (χ0) is 16.3. The first-order chi connectivity index (χ1) is 10.2. The molecule has 5 nitrogen and oxygen atoms in total. The number of nitro groups is 1. The van der Waals surface area contributed by atoms with Crippen molar-refractivity contribution in [3.63, 3.8) is 0 Å². The SMILES string of the molecule is O=[N+]([O-])c1cc(Oc2ccc(OC(F)(F)F)cc2)ccc1F. The molecule has 0 saturated carbocycles. The molecule has 0 radical (unpaired) electrons. The van der Waals surface area contributed by atoms with Crippen molar-refractivity contribution in [2.75, 3.05) is 0 Å². The molecule has 9 heteroatoms. The van der Waals surface area contributed by atoms with Gasteiger partial charge in [0.05, 0.1) is 11.0 Å². The monoisotopic (exact) mass is 317 g/mol. The van der Waals surface area contributed by atoms with Gasteiger partial charge in [-0.25, -0.2) is 0 Å². The zero-order valence-electron chi connectivity index (χ0n) is 10.6. The van der Waals surface area contributed by atoms with Crippen LogP contribution in [0.3, 0.4) is 0 Å². The van der Waals surface area contributed by atoms with E-state index in [0.29, 0.717) is 0 Å². The second-order valence-electron chi connectivity index (χ2n) is 3.99. The summed E-state index contributed by atoms with van der Waals surface area (Å²) in [4.78, 5) is 9.68. The van der Waals surface area contributed by atoms with Crippen molar-refractivity contribution in [3.8, 4) is 17.2 Å². The first-order valence-electron chi connectivity index (χ1n) is 5.72. The highest BCUT2D eigenvalue weighted by atomic mass is 19.4. The van der Waals surface area contributed by atoms with Crippen molar-refractivity contribution in [2.24, 2.45) is 0 Å².